The van der Waals surface area contributed by atoms with E-state index >= 15 is 0 Å². The number of hydrogen-bond donors (Lipinski definition) is 0. The Morgan fingerprint density at radius 1 is 0.846 bits per heavy atom. The first-order valence-corrected chi connectivity index (χ1v) is 9.70. The molecular weight excluding hydrogens is 322 g/mol. The molecule has 3 heteroatoms. The summed E-state index contributed by atoms with van der Waals surface area (Å²) >= 11 is 0. The second-order valence-corrected chi connectivity index (χ2v) is 7.47. The highest BCUT2D eigenvalue weighted by Crippen LogP contribution is 2.34. The number of likely N-dealkylation sites (tertiary alicyclic amines) is 1. The minimum absolute atomic E-state index is 0.00123. The van der Waals surface area contributed by atoms with Crippen LogP contribution in [0.25, 0.3) is 0 Å². The fourth-order valence-corrected chi connectivity index (χ4v) is 4.43. The summed E-state index contributed by atoms with van der Waals surface area (Å²) in [4.78, 5) is 27.7. The van der Waals surface area contributed by atoms with Gasteiger partial charge in [-0.15, -0.1) is 0 Å². The van der Waals surface area contributed by atoms with Crippen LogP contribution < -0.4 is 0 Å². The van der Waals surface area contributed by atoms with Crippen molar-refractivity contribution in [2.45, 2.75) is 38.0 Å². The van der Waals surface area contributed by atoms with Gasteiger partial charge in [-0.05, 0) is 43.2 Å². The topological polar surface area (TPSA) is 37.4 Å². The Bertz CT molecular complexity index is 791. The third kappa shape index (κ3) is 3.31. The SMILES string of the molecule is O=C(c1ccccc1)C1CCN(C(=O)[C@@H]2CCCc3ccccc32)CC1. The molecule has 0 bridgehead atoms. The number of hydrogen-bond acceptors (Lipinski definition) is 2. The van der Waals surface area contributed by atoms with E-state index in [0.29, 0.717) is 13.1 Å². The molecule has 0 radical (unpaired) electrons. The van der Waals surface area contributed by atoms with Gasteiger partial charge in [0.1, 0.15) is 0 Å². The molecule has 1 aliphatic carbocycles. The van der Waals surface area contributed by atoms with Crippen LogP contribution in [0.5, 0.6) is 0 Å². The van der Waals surface area contributed by atoms with Gasteiger partial charge in [0.2, 0.25) is 5.91 Å². The van der Waals surface area contributed by atoms with E-state index in [9.17, 15) is 9.59 Å². The molecule has 0 saturated carbocycles. The number of carbonyl (C=O) groups excluding carboxylic acids is 2. The smallest absolute Gasteiger partial charge is 0.230 e. The predicted octanol–water partition coefficient (Wildman–Crippen LogP) is 4.23. The first-order chi connectivity index (χ1) is 12.7. The molecule has 3 nitrogen and oxygen atoms in total. The van der Waals surface area contributed by atoms with Crippen molar-refractivity contribution in [3.63, 3.8) is 0 Å². The van der Waals surface area contributed by atoms with Gasteiger partial charge in [-0.1, -0.05) is 54.6 Å². The summed E-state index contributed by atoms with van der Waals surface area (Å²) in [6.07, 6.45) is 4.64. The van der Waals surface area contributed by atoms with E-state index < -0.39 is 0 Å². The summed E-state index contributed by atoms with van der Waals surface area (Å²) in [6.45, 7) is 1.39. The molecule has 1 aliphatic heterocycles. The summed E-state index contributed by atoms with van der Waals surface area (Å²) in [6, 6.07) is 17.9. The summed E-state index contributed by atoms with van der Waals surface area (Å²) in [7, 11) is 0. The summed E-state index contributed by atoms with van der Waals surface area (Å²) in [5.74, 6) is 0.518. The van der Waals surface area contributed by atoms with Crippen LogP contribution in [0, 0.1) is 5.92 Å². The molecule has 1 amide bonds. The van der Waals surface area contributed by atoms with Crippen molar-refractivity contribution in [2.75, 3.05) is 13.1 Å². The number of fused-ring (bicyclic) bond motifs is 1. The second-order valence-electron chi connectivity index (χ2n) is 7.47. The van der Waals surface area contributed by atoms with Crippen molar-refractivity contribution in [1.82, 2.24) is 4.90 Å². The molecular formula is C23H25NO2. The summed E-state index contributed by atoms with van der Waals surface area (Å²) in [5, 5.41) is 0. The zero-order chi connectivity index (χ0) is 17.9. The van der Waals surface area contributed by atoms with Crippen LogP contribution in [-0.2, 0) is 11.2 Å². The average molecular weight is 347 g/mol. The van der Waals surface area contributed by atoms with E-state index in [0.717, 1.165) is 37.7 Å². The van der Waals surface area contributed by atoms with Gasteiger partial charge >= 0.3 is 0 Å². The summed E-state index contributed by atoms with van der Waals surface area (Å²) in [5.41, 5.74) is 3.33. The fourth-order valence-electron chi connectivity index (χ4n) is 4.43. The molecule has 2 aliphatic rings. The molecule has 2 aromatic carbocycles. The first kappa shape index (κ1) is 17.0. The molecule has 0 aromatic heterocycles. The largest absolute Gasteiger partial charge is 0.342 e. The normalized spacial score (nSPS) is 20.5. The van der Waals surface area contributed by atoms with E-state index in [-0.39, 0.29) is 23.5 Å². The molecule has 2 aromatic rings. The van der Waals surface area contributed by atoms with Crippen molar-refractivity contribution in [2.24, 2.45) is 5.92 Å². The minimum atomic E-state index is 0.00123. The number of nitrogens with zero attached hydrogens (tertiary/aromatic N) is 1. The zero-order valence-corrected chi connectivity index (χ0v) is 15.1. The lowest BCUT2D eigenvalue weighted by Crippen LogP contribution is -2.43. The van der Waals surface area contributed by atoms with E-state index in [2.05, 4.69) is 18.2 Å². The maximum atomic E-state index is 13.1. The quantitative estimate of drug-likeness (QED) is 0.779. The van der Waals surface area contributed by atoms with E-state index in [4.69, 9.17) is 0 Å². The second kappa shape index (κ2) is 7.45. The van der Waals surface area contributed by atoms with Crippen LogP contribution in [0.15, 0.2) is 54.6 Å². The highest BCUT2D eigenvalue weighted by Gasteiger charge is 2.33. The van der Waals surface area contributed by atoms with Crippen LogP contribution in [0.3, 0.4) is 0 Å². The number of piperidine rings is 1. The van der Waals surface area contributed by atoms with E-state index in [1.165, 1.54) is 11.1 Å². The number of Topliss-reactive ketones (excluding diaryl/α,β-unsaturated/α-hetero) is 1. The molecule has 0 spiro atoms. The average Bonchev–Trinajstić information content (AvgIpc) is 2.73. The van der Waals surface area contributed by atoms with Gasteiger partial charge in [0, 0.05) is 24.6 Å². The van der Waals surface area contributed by atoms with Crippen molar-refractivity contribution in [1.29, 1.82) is 0 Å². The standard InChI is InChI=1S/C23H25NO2/c25-22(18-8-2-1-3-9-18)19-13-15-24(16-14-19)23(26)21-12-6-10-17-7-4-5-11-20(17)21/h1-5,7-9,11,19,21H,6,10,12-16H2/t21-/m1/s1. The third-order valence-corrected chi connectivity index (χ3v) is 5.90. The molecule has 1 saturated heterocycles. The Morgan fingerprint density at radius 3 is 2.31 bits per heavy atom. The lowest BCUT2D eigenvalue weighted by atomic mass is 9.81. The number of rotatable bonds is 3. The van der Waals surface area contributed by atoms with Crippen molar-refractivity contribution >= 4 is 11.7 Å². The van der Waals surface area contributed by atoms with Gasteiger partial charge in [0.25, 0.3) is 0 Å². The van der Waals surface area contributed by atoms with Gasteiger partial charge in [-0.25, -0.2) is 0 Å². The number of carbonyl (C=O) groups is 2. The van der Waals surface area contributed by atoms with Gasteiger partial charge in [0.05, 0.1) is 5.92 Å². The Balaban J connectivity index is 1.41. The molecule has 1 fully saturated rings. The Morgan fingerprint density at radius 2 is 1.54 bits per heavy atom. The number of aryl methyl sites for hydroxylation is 1. The number of amides is 1. The molecule has 1 heterocycles. The van der Waals surface area contributed by atoms with Crippen molar-refractivity contribution < 1.29 is 9.59 Å². The van der Waals surface area contributed by atoms with Crippen LogP contribution in [-0.4, -0.2) is 29.7 Å². The zero-order valence-electron chi connectivity index (χ0n) is 15.1. The highest BCUT2D eigenvalue weighted by atomic mass is 16.2. The van der Waals surface area contributed by atoms with Crippen molar-refractivity contribution in [3.8, 4) is 0 Å². The van der Waals surface area contributed by atoms with Crippen LogP contribution >= 0.6 is 0 Å². The molecule has 134 valence electrons. The van der Waals surface area contributed by atoms with Gasteiger partial charge in [-0.3, -0.25) is 9.59 Å². The number of ketones is 1. The van der Waals surface area contributed by atoms with E-state index in [1.54, 1.807) is 0 Å². The molecule has 1 atom stereocenters. The lowest BCUT2D eigenvalue weighted by molar-refractivity contribution is -0.134. The fraction of sp³-hybridized carbons (Fsp3) is 0.391. The molecule has 4 rings (SSSR count). The lowest BCUT2D eigenvalue weighted by Gasteiger charge is -2.35. The Kier molecular flexibility index (Phi) is 4.87. The van der Waals surface area contributed by atoms with Gasteiger partial charge in [0.15, 0.2) is 5.78 Å². The highest BCUT2D eigenvalue weighted by molar-refractivity contribution is 5.98. The van der Waals surface area contributed by atoms with E-state index in [1.807, 2.05) is 41.3 Å². The van der Waals surface area contributed by atoms with Crippen LogP contribution in [0.2, 0.25) is 0 Å². The predicted molar refractivity (Wildman–Crippen MR) is 102 cm³/mol. The minimum Gasteiger partial charge on any atom is -0.342 e. The first-order valence-electron chi connectivity index (χ1n) is 9.70. The van der Waals surface area contributed by atoms with Gasteiger partial charge < -0.3 is 4.90 Å². The van der Waals surface area contributed by atoms with Crippen molar-refractivity contribution in [3.05, 3.63) is 71.3 Å². The van der Waals surface area contributed by atoms with Crippen LogP contribution in [0.4, 0.5) is 0 Å². The number of benzene rings is 2. The Labute approximate surface area is 155 Å². The third-order valence-electron chi connectivity index (χ3n) is 5.90. The Hall–Kier alpha value is -2.42. The molecule has 26 heavy (non-hydrogen) atoms. The maximum absolute atomic E-state index is 13.1. The summed E-state index contributed by atoms with van der Waals surface area (Å²) < 4.78 is 0. The van der Waals surface area contributed by atoms with Crippen LogP contribution in [0.1, 0.15) is 53.1 Å². The monoisotopic (exact) mass is 347 g/mol. The molecule has 0 unspecified atom stereocenters. The molecule has 0 N–H and O–H groups in total. The maximum Gasteiger partial charge on any atom is 0.230 e. The van der Waals surface area contributed by atoms with Gasteiger partial charge in [-0.2, -0.15) is 0 Å².